The summed E-state index contributed by atoms with van der Waals surface area (Å²) >= 11 is 0. The zero-order chi connectivity index (χ0) is 65.1. The molecule has 0 aliphatic heterocycles. The highest BCUT2D eigenvalue weighted by atomic mass is 16.5. The SMILES string of the molecule is C=C(C)C(=O)OCCCc1cc(C)c(CCCOC(=O)C(=C)C)cc1C.C=C/C=C/CCCCc1cc(C)cc2c(CCCC/C=C/C=C)cc(C)cc12.Cc1ccc2c(CCCCCc3ccc4c(c3)CC4)c(C)cc(CCCCc3ccc4c(c3)CC4)c2c1. The molecular weight excluding hydrogens is 1110 g/mol. The average molecular weight is 1220 g/mol. The van der Waals surface area contributed by atoms with Gasteiger partial charge in [-0.25, -0.2) is 9.59 Å². The van der Waals surface area contributed by atoms with Crippen molar-refractivity contribution in [3.05, 3.63) is 271 Å². The first-order valence-corrected chi connectivity index (χ1v) is 34.6. The summed E-state index contributed by atoms with van der Waals surface area (Å²) in [7, 11) is 0. The van der Waals surface area contributed by atoms with Gasteiger partial charge in [-0.15, -0.1) is 0 Å². The van der Waals surface area contributed by atoms with Crippen molar-refractivity contribution in [2.45, 2.75) is 216 Å². The number of hydrogen-bond donors (Lipinski definition) is 0. The van der Waals surface area contributed by atoms with Gasteiger partial charge in [-0.05, 0) is 314 Å². The maximum Gasteiger partial charge on any atom is 0.333 e. The lowest BCUT2D eigenvalue weighted by Crippen LogP contribution is -2.08. The Bertz CT molecular complexity index is 3560. The van der Waals surface area contributed by atoms with Crippen LogP contribution in [0.4, 0.5) is 0 Å². The molecule has 0 N–H and O–H groups in total. The molecule has 0 spiro atoms. The minimum Gasteiger partial charge on any atom is -0.462 e. The maximum absolute atomic E-state index is 11.4. The summed E-state index contributed by atoms with van der Waals surface area (Å²) in [4.78, 5) is 22.7. The average Bonchev–Trinajstić information content (AvgIpc) is 1.06. The highest BCUT2D eigenvalue weighted by Gasteiger charge is 2.16. The largest absolute Gasteiger partial charge is 0.462 e. The van der Waals surface area contributed by atoms with Crippen LogP contribution in [0, 0.1) is 41.5 Å². The van der Waals surface area contributed by atoms with Crippen LogP contribution < -0.4 is 0 Å². The number of benzene rings is 7. The Morgan fingerprint density at radius 2 is 0.780 bits per heavy atom. The number of carbonyl (C=O) groups excluding carboxylic acids is 2. The normalized spacial score (nSPS) is 12.1. The molecule has 0 aromatic heterocycles. The number of unbranched alkanes of at least 4 members (excludes halogenated alkanes) is 7. The Balaban J connectivity index is 0.000000199. The number of aryl methyl sites for hydroxylation is 18. The molecule has 0 unspecified atom stereocenters. The lowest BCUT2D eigenvalue weighted by atomic mass is 9.86. The third kappa shape index (κ3) is 22.4. The van der Waals surface area contributed by atoms with E-state index in [9.17, 15) is 9.59 Å². The van der Waals surface area contributed by atoms with E-state index >= 15 is 0 Å². The van der Waals surface area contributed by atoms with Crippen LogP contribution in [0.15, 0.2) is 171 Å². The van der Waals surface area contributed by atoms with Crippen molar-refractivity contribution in [2.24, 2.45) is 0 Å². The van der Waals surface area contributed by atoms with Gasteiger partial charge in [0.15, 0.2) is 0 Å². The maximum atomic E-state index is 11.4. The van der Waals surface area contributed by atoms with Crippen LogP contribution in [-0.2, 0) is 96.1 Å². The molecule has 0 amide bonds. The van der Waals surface area contributed by atoms with Gasteiger partial charge in [-0.3, -0.25) is 0 Å². The Hall–Kier alpha value is -7.56. The fraction of sp³-hybridized carbons (Fsp3) is 0.402. The molecular formula is C87H108O4. The fourth-order valence-electron chi connectivity index (χ4n) is 13.1. The van der Waals surface area contributed by atoms with Crippen molar-refractivity contribution < 1.29 is 19.1 Å². The summed E-state index contributed by atoms with van der Waals surface area (Å²) in [5.41, 5.74) is 27.1. The fourth-order valence-corrected chi connectivity index (χ4v) is 13.1. The number of rotatable bonds is 33. The van der Waals surface area contributed by atoms with E-state index in [1.807, 2.05) is 24.3 Å². The van der Waals surface area contributed by atoms with Crippen LogP contribution >= 0.6 is 0 Å². The van der Waals surface area contributed by atoms with Gasteiger partial charge < -0.3 is 9.47 Å². The Labute approximate surface area is 549 Å². The molecule has 0 heterocycles. The topological polar surface area (TPSA) is 52.6 Å². The first kappa shape index (κ1) is 70.9. The Morgan fingerprint density at radius 1 is 0.385 bits per heavy atom. The molecule has 0 saturated carbocycles. The number of ether oxygens (including phenoxy) is 2. The van der Waals surface area contributed by atoms with Gasteiger partial charge in [0.05, 0.1) is 13.2 Å². The van der Waals surface area contributed by atoms with E-state index in [0.29, 0.717) is 24.4 Å². The second kappa shape index (κ2) is 37.1. The van der Waals surface area contributed by atoms with Crippen molar-refractivity contribution in [3.63, 3.8) is 0 Å². The lowest BCUT2D eigenvalue weighted by molar-refractivity contribution is -0.139. The van der Waals surface area contributed by atoms with Gasteiger partial charge in [0, 0.05) is 11.1 Å². The third-order valence-corrected chi connectivity index (χ3v) is 18.5. The zero-order valence-electron chi connectivity index (χ0n) is 57.3. The monoisotopic (exact) mass is 1220 g/mol. The predicted molar refractivity (Wildman–Crippen MR) is 390 cm³/mol. The molecule has 7 aromatic rings. The molecule has 91 heavy (non-hydrogen) atoms. The molecule has 0 radical (unpaired) electrons. The Kier molecular flexibility index (Phi) is 28.9. The van der Waals surface area contributed by atoms with Crippen molar-refractivity contribution in [1.82, 2.24) is 0 Å². The number of carbonyl (C=O) groups is 2. The van der Waals surface area contributed by atoms with E-state index in [4.69, 9.17) is 9.47 Å². The van der Waals surface area contributed by atoms with E-state index in [0.717, 1.165) is 51.4 Å². The number of allylic oxidation sites excluding steroid dienone is 6. The van der Waals surface area contributed by atoms with Crippen LogP contribution in [0.25, 0.3) is 21.5 Å². The summed E-state index contributed by atoms with van der Waals surface area (Å²) in [6, 6.07) is 38.0. The second-order valence-corrected chi connectivity index (χ2v) is 26.4. The van der Waals surface area contributed by atoms with Gasteiger partial charge >= 0.3 is 11.9 Å². The summed E-state index contributed by atoms with van der Waals surface area (Å²) in [6.45, 7) is 32.0. The molecule has 480 valence electrons. The summed E-state index contributed by atoms with van der Waals surface area (Å²) in [6.07, 6.45) is 41.5. The molecule has 0 fully saturated rings. The smallest absolute Gasteiger partial charge is 0.333 e. The standard InChI is InChI=1S/C37H42.C28H36.C22H30O4/c1-26-12-21-36-35(11-5-3-4-8-28-13-15-30-17-19-32(30)24-28)27(2)23-34(37(36)22-26)10-7-6-9-29-14-16-31-18-20-33(31)25-29;1-5-7-9-11-13-15-17-25-19-23(3)22-28-26(20-24(4)21-27(25)28)18-16-14-12-10-8-6-2;1-15(2)21(23)25-11-7-9-19-13-18(6)20(14-17(19)5)10-8-12-26-22(24)16(3)4/h12-16,21-25H,3-11,17-20H2,1-2H3;5-10,19-22H,1-2,11-18H2,3-4H3;13-14H,1,3,7-12H2,2,4-6H3/b;9-7+,10-8+;. The van der Waals surface area contributed by atoms with Gasteiger partial charge in [-0.1, -0.05) is 183 Å². The molecule has 4 nitrogen and oxygen atoms in total. The van der Waals surface area contributed by atoms with Crippen LogP contribution in [0.5, 0.6) is 0 Å². The Morgan fingerprint density at radius 3 is 1.23 bits per heavy atom. The highest BCUT2D eigenvalue weighted by Crippen LogP contribution is 2.33. The van der Waals surface area contributed by atoms with Crippen LogP contribution in [0.3, 0.4) is 0 Å². The van der Waals surface area contributed by atoms with E-state index in [-0.39, 0.29) is 11.9 Å². The summed E-state index contributed by atoms with van der Waals surface area (Å²) in [5.74, 6) is -0.666. The van der Waals surface area contributed by atoms with Gasteiger partial charge in [0.25, 0.3) is 0 Å². The quantitative estimate of drug-likeness (QED) is 0.0178. The van der Waals surface area contributed by atoms with Gasteiger partial charge in [0.2, 0.25) is 0 Å². The van der Waals surface area contributed by atoms with Crippen molar-refractivity contribution in [1.29, 1.82) is 0 Å². The predicted octanol–water partition coefficient (Wildman–Crippen LogP) is 21.9. The van der Waals surface area contributed by atoms with Crippen molar-refractivity contribution in [3.8, 4) is 0 Å². The lowest BCUT2D eigenvalue weighted by Gasteiger charge is -2.19. The summed E-state index contributed by atoms with van der Waals surface area (Å²) in [5, 5.41) is 5.94. The molecule has 2 aliphatic carbocycles. The van der Waals surface area contributed by atoms with E-state index < -0.39 is 0 Å². The molecule has 2 aliphatic rings. The van der Waals surface area contributed by atoms with E-state index in [2.05, 4.69) is 177 Å². The minimum atomic E-state index is -0.333. The molecule has 0 atom stereocenters. The molecule has 0 bridgehead atoms. The third-order valence-electron chi connectivity index (χ3n) is 18.5. The van der Waals surface area contributed by atoms with E-state index in [1.54, 1.807) is 52.8 Å². The highest BCUT2D eigenvalue weighted by molar-refractivity contribution is 5.91. The molecule has 9 rings (SSSR count). The number of hydrogen-bond acceptors (Lipinski definition) is 4. The van der Waals surface area contributed by atoms with Crippen LogP contribution in [0.1, 0.15) is 197 Å². The zero-order valence-corrected chi connectivity index (χ0v) is 57.3. The van der Waals surface area contributed by atoms with Crippen molar-refractivity contribution >= 4 is 33.5 Å². The molecule has 0 saturated heterocycles. The minimum absolute atomic E-state index is 0.333. The molecule has 4 heteroatoms. The second-order valence-electron chi connectivity index (χ2n) is 26.4. The van der Waals surface area contributed by atoms with Crippen molar-refractivity contribution in [2.75, 3.05) is 13.2 Å². The van der Waals surface area contributed by atoms with Gasteiger partial charge in [0.1, 0.15) is 0 Å². The first-order valence-electron chi connectivity index (χ1n) is 34.6. The van der Waals surface area contributed by atoms with Crippen LogP contribution in [0.2, 0.25) is 0 Å². The van der Waals surface area contributed by atoms with Gasteiger partial charge in [-0.2, -0.15) is 0 Å². The number of esters is 2. The van der Waals surface area contributed by atoms with E-state index in [1.165, 1.54) is 192 Å². The first-order chi connectivity index (χ1) is 44.0. The van der Waals surface area contributed by atoms with Crippen LogP contribution in [-0.4, -0.2) is 25.2 Å². The molecule has 7 aromatic carbocycles. The summed E-state index contributed by atoms with van der Waals surface area (Å²) < 4.78 is 10.3. The number of fused-ring (bicyclic) bond motifs is 4.